The molecular weight excluding hydrogens is 378 g/mol. The molecule has 0 aliphatic carbocycles. The maximum Gasteiger partial charge on any atom is 0.407 e. The van der Waals surface area contributed by atoms with E-state index in [0.29, 0.717) is 0 Å². The van der Waals surface area contributed by atoms with Gasteiger partial charge in [0.05, 0.1) is 13.1 Å². The summed E-state index contributed by atoms with van der Waals surface area (Å²) < 4.78 is 33.4. The lowest BCUT2D eigenvalue weighted by molar-refractivity contribution is -0.00519. The second kappa shape index (κ2) is 7.70. The van der Waals surface area contributed by atoms with Crippen molar-refractivity contribution in [2.24, 2.45) is 0 Å². The number of rotatable bonds is 6. The molecule has 0 saturated carbocycles. The van der Waals surface area contributed by atoms with Gasteiger partial charge in [0.25, 0.3) is 5.92 Å². The van der Waals surface area contributed by atoms with E-state index in [4.69, 9.17) is 4.74 Å². The molecule has 126 valence electrons. The lowest BCUT2D eigenvalue weighted by atomic mass is 10.2. The number of hydrogen-bond acceptors (Lipinski definition) is 4. The zero-order valence-electron chi connectivity index (χ0n) is 13.0. The Morgan fingerprint density at radius 2 is 2.05 bits per heavy atom. The number of nitrogens with one attached hydrogen (secondary N) is 2. The first-order valence-corrected chi connectivity index (χ1v) is 8.48. The van der Waals surface area contributed by atoms with Gasteiger partial charge in [0.15, 0.2) is 0 Å². The SMILES string of the molecule is CC(NCC(F)(F)CNC(=O)OC(C)(C)C)c1sccc1Br. The zero-order chi connectivity index (χ0) is 17.0. The molecule has 1 rings (SSSR count). The first kappa shape index (κ1) is 19.3. The van der Waals surface area contributed by atoms with E-state index >= 15 is 0 Å². The largest absolute Gasteiger partial charge is 0.444 e. The third kappa shape index (κ3) is 7.02. The van der Waals surface area contributed by atoms with E-state index in [1.807, 2.05) is 18.4 Å². The molecule has 0 bridgehead atoms. The van der Waals surface area contributed by atoms with Gasteiger partial charge in [-0.15, -0.1) is 11.3 Å². The predicted octanol–water partition coefficient (Wildman–Crippen LogP) is 4.32. The molecule has 1 heterocycles. The number of ether oxygens (including phenoxy) is 1. The summed E-state index contributed by atoms with van der Waals surface area (Å²) in [6.07, 6.45) is -0.846. The number of hydrogen-bond donors (Lipinski definition) is 2. The summed E-state index contributed by atoms with van der Waals surface area (Å²) in [6, 6.07) is 1.67. The molecule has 8 heteroatoms. The number of carbonyl (C=O) groups is 1. The molecule has 1 amide bonds. The third-order valence-electron chi connectivity index (χ3n) is 2.60. The Hall–Kier alpha value is -0.730. The van der Waals surface area contributed by atoms with Gasteiger partial charge in [0.1, 0.15) is 5.60 Å². The van der Waals surface area contributed by atoms with Crippen molar-refractivity contribution in [2.45, 2.75) is 45.3 Å². The van der Waals surface area contributed by atoms with Gasteiger partial charge < -0.3 is 15.4 Å². The minimum Gasteiger partial charge on any atom is -0.444 e. The molecule has 22 heavy (non-hydrogen) atoms. The summed E-state index contributed by atoms with van der Waals surface area (Å²) in [6.45, 7) is 5.53. The van der Waals surface area contributed by atoms with Crippen molar-refractivity contribution < 1.29 is 18.3 Å². The number of carbonyl (C=O) groups excluding carboxylic acids is 1. The highest BCUT2D eigenvalue weighted by atomic mass is 79.9. The Balaban J connectivity index is 2.41. The number of alkyl carbamates (subject to hydrolysis) is 1. The van der Waals surface area contributed by atoms with Crippen LogP contribution in [0.25, 0.3) is 0 Å². The van der Waals surface area contributed by atoms with Gasteiger partial charge in [0.2, 0.25) is 0 Å². The van der Waals surface area contributed by atoms with Gasteiger partial charge in [-0.3, -0.25) is 0 Å². The Morgan fingerprint density at radius 1 is 1.41 bits per heavy atom. The molecule has 0 aliphatic rings. The average Bonchev–Trinajstić information content (AvgIpc) is 2.78. The van der Waals surface area contributed by atoms with Crippen molar-refractivity contribution in [3.8, 4) is 0 Å². The summed E-state index contributed by atoms with van der Waals surface area (Å²) in [5.74, 6) is -3.06. The van der Waals surface area contributed by atoms with E-state index in [2.05, 4.69) is 26.6 Å². The first-order chi connectivity index (χ1) is 10.0. The Labute approximate surface area is 141 Å². The lowest BCUT2D eigenvalue weighted by Gasteiger charge is -2.23. The van der Waals surface area contributed by atoms with Gasteiger partial charge in [-0.05, 0) is 55.1 Å². The monoisotopic (exact) mass is 398 g/mol. The fraction of sp³-hybridized carbons (Fsp3) is 0.643. The van der Waals surface area contributed by atoms with Gasteiger partial charge in [-0.1, -0.05) is 0 Å². The van der Waals surface area contributed by atoms with Crippen molar-refractivity contribution in [1.82, 2.24) is 10.6 Å². The van der Waals surface area contributed by atoms with E-state index in [0.717, 1.165) is 9.35 Å². The van der Waals surface area contributed by atoms with Crippen molar-refractivity contribution in [2.75, 3.05) is 13.1 Å². The number of alkyl halides is 2. The number of halogens is 3. The van der Waals surface area contributed by atoms with Crippen molar-refractivity contribution >= 4 is 33.4 Å². The van der Waals surface area contributed by atoms with Gasteiger partial charge >= 0.3 is 6.09 Å². The van der Waals surface area contributed by atoms with Crippen LogP contribution in [0.3, 0.4) is 0 Å². The van der Waals surface area contributed by atoms with Gasteiger partial charge in [-0.25, -0.2) is 13.6 Å². The first-order valence-electron chi connectivity index (χ1n) is 6.81. The molecule has 2 N–H and O–H groups in total. The smallest absolute Gasteiger partial charge is 0.407 e. The van der Waals surface area contributed by atoms with Crippen LogP contribution in [0.5, 0.6) is 0 Å². The predicted molar refractivity (Wildman–Crippen MR) is 87.6 cm³/mol. The van der Waals surface area contributed by atoms with Gasteiger partial charge in [0, 0.05) is 15.4 Å². The molecule has 1 aromatic rings. The highest BCUT2D eigenvalue weighted by Crippen LogP contribution is 2.29. The fourth-order valence-corrected chi connectivity index (χ4v) is 3.34. The van der Waals surface area contributed by atoms with E-state index in [1.165, 1.54) is 11.3 Å². The molecular formula is C14H21BrF2N2O2S. The zero-order valence-corrected chi connectivity index (χ0v) is 15.4. The highest BCUT2D eigenvalue weighted by Gasteiger charge is 2.31. The van der Waals surface area contributed by atoms with E-state index in [1.54, 1.807) is 20.8 Å². The van der Waals surface area contributed by atoms with Crippen LogP contribution in [-0.2, 0) is 4.74 Å². The standard InChI is InChI=1S/C14H21BrF2N2O2S/c1-9(11-10(15)5-6-22-11)18-7-14(16,17)8-19-12(20)21-13(2,3)4/h5-6,9,18H,7-8H2,1-4H3,(H,19,20). The maximum atomic E-state index is 13.8. The average molecular weight is 399 g/mol. The van der Waals surface area contributed by atoms with Crippen molar-refractivity contribution in [1.29, 1.82) is 0 Å². The summed E-state index contributed by atoms with van der Waals surface area (Å²) in [5, 5.41) is 6.76. The number of amides is 1. The third-order valence-corrected chi connectivity index (χ3v) is 4.65. The van der Waals surface area contributed by atoms with Crippen LogP contribution in [0.2, 0.25) is 0 Å². The normalized spacial score (nSPS) is 13.8. The molecule has 1 atom stereocenters. The van der Waals surface area contributed by atoms with Crippen LogP contribution in [-0.4, -0.2) is 30.7 Å². The molecule has 0 aromatic carbocycles. The molecule has 0 aliphatic heterocycles. The summed E-state index contributed by atoms with van der Waals surface area (Å²) in [4.78, 5) is 12.3. The van der Waals surface area contributed by atoms with Crippen molar-refractivity contribution in [3.63, 3.8) is 0 Å². The summed E-state index contributed by atoms with van der Waals surface area (Å²) in [5.41, 5.74) is -0.711. The Kier molecular flexibility index (Phi) is 6.76. The second-order valence-corrected chi connectivity index (χ2v) is 7.75. The molecule has 0 saturated heterocycles. The molecule has 4 nitrogen and oxygen atoms in total. The quantitative estimate of drug-likeness (QED) is 0.749. The van der Waals surface area contributed by atoms with Crippen LogP contribution < -0.4 is 10.6 Å². The minimum absolute atomic E-state index is 0.207. The molecule has 1 unspecified atom stereocenters. The lowest BCUT2D eigenvalue weighted by Crippen LogP contribution is -2.45. The topological polar surface area (TPSA) is 50.4 Å². The van der Waals surface area contributed by atoms with Crippen LogP contribution in [0.1, 0.15) is 38.6 Å². The Morgan fingerprint density at radius 3 is 2.55 bits per heavy atom. The van der Waals surface area contributed by atoms with Crippen LogP contribution >= 0.6 is 27.3 Å². The maximum absolute atomic E-state index is 13.8. The van der Waals surface area contributed by atoms with Gasteiger partial charge in [-0.2, -0.15) is 0 Å². The number of thiophene rings is 1. The highest BCUT2D eigenvalue weighted by molar-refractivity contribution is 9.10. The molecule has 0 spiro atoms. The van der Waals surface area contributed by atoms with Crippen LogP contribution in [0.4, 0.5) is 13.6 Å². The summed E-state index contributed by atoms with van der Waals surface area (Å²) >= 11 is 4.86. The van der Waals surface area contributed by atoms with Crippen LogP contribution in [0, 0.1) is 0 Å². The van der Waals surface area contributed by atoms with Crippen LogP contribution in [0.15, 0.2) is 15.9 Å². The Bertz CT molecular complexity index is 503. The van der Waals surface area contributed by atoms with Crippen molar-refractivity contribution in [3.05, 3.63) is 20.8 Å². The molecule has 1 aromatic heterocycles. The second-order valence-electron chi connectivity index (χ2n) is 5.95. The summed E-state index contributed by atoms with van der Waals surface area (Å²) in [7, 11) is 0. The van der Waals surface area contributed by atoms with E-state index in [-0.39, 0.29) is 6.04 Å². The van der Waals surface area contributed by atoms with E-state index < -0.39 is 30.7 Å². The van der Waals surface area contributed by atoms with E-state index in [9.17, 15) is 13.6 Å². The molecule has 0 fully saturated rings. The minimum atomic E-state index is -3.06. The fourth-order valence-electron chi connectivity index (χ4n) is 1.59. The molecule has 0 radical (unpaired) electrons.